The first kappa shape index (κ1) is 16.6. The van der Waals surface area contributed by atoms with E-state index in [2.05, 4.69) is 26.6 Å². The number of thiazole rings is 1. The predicted octanol–water partition coefficient (Wildman–Crippen LogP) is 3.96. The first-order valence-electron chi connectivity index (χ1n) is 8.37. The molecule has 1 N–H and O–H groups in total. The lowest BCUT2D eigenvalue weighted by atomic mass is 10.2. The summed E-state index contributed by atoms with van der Waals surface area (Å²) in [6.45, 7) is 0.776. The summed E-state index contributed by atoms with van der Waals surface area (Å²) in [5.74, 6) is -0.0313. The number of amides is 1. The van der Waals surface area contributed by atoms with Gasteiger partial charge in [-0.3, -0.25) is 4.79 Å². The van der Waals surface area contributed by atoms with Gasteiger partial charge in [-0.05, 0) is 37.8 Å². The molecule has 3 aromatic rings. The zero-order valence-electron chi connectivity index (χ0n) is 13.6. The molecular weight excluding hydrogens is 356 g/mol. The van der Waals surface area contributed by atoms with E-state index in [1.807, 2.05) is 18.2 Å². The highest BCUT2D eigenvalue weighted by molar-refractivity contribution is 7.18. The Balaban J connectivity index is 1.26. The zero-order valence-corrected chi connectivity index (χ0v) is 15.2. The molecule has 6 nitrogen and oxygen atoms in total. The van der Waals surface area contributed by atoms with Gasteiger partial charge in [-0.25, -0.2) is 4.98 Å². The standard InChI is InChI=1S/C17H18N4O2S2/c22-14(19-17-21-20-16(25-17)12-6-4-10-23-12)8-3-9-15-18-11-5-1-2-7-13(11)24-15/h1-2,5,7,12H,3-4,6,8-10H2,(H,19,21,22)/t12-/m0/s1. The van der Waals surface area contributed by atoms with E-state index in [1.54, 1.807) is 11.3 Å². The fraction of sp³-hybridized carbons (Fsp3) is 0.412. The molecule has 1 saturated heterocycles. The first-order valence-corrected chi connectivity index (χ1v) is 10.0. The van der Waals surface area contributed by atoms with E-state index >= 15 is 0 Å². The number of carbonyl (C=O) groups excluding carboxylic acids is 1. The molecule has 2 aromatic heterocycles. The van der Waals surface area contributed by atoms with E-state index in [-0.39, 0.29) is 12.0 Å². The molecule has 4 rings (SSSR count). The molecule has 3 heterocycles. The topological polar surface area (TPSA) is 77.0 Å². The van der Waals surface area contributed by atoms with Crippen LogP contribution in [0.2, 0.25) is 0 Å². The lowest BCUT2D eigenvalue weighted by Crippen LogP contribution is -2.11. The average Bonchev–Trinajstić information content (AvgIpc) is 3.34. The van der Waals surface area contributed by atoms with Gasteiger partial charge in [0.25, 0.3) is 0 Å². The maximum Gasteiger partial charge on any atom is 0.226 e. The number of nitrogens with one attached hydrogen (secondary N) is 1. The number of para-hydroxylation sites is 1. The summed E-state index contributed by atoms with van der Waals surface area (Å²) in [4.78, 5) is 16.7. The maximum absolute atomic E-state index is 12.1. The fourth-order valence-electron chi connectivity index (χ4n) is 2.80. The first-order chi connectivity index (χ1) is 12.3. The van der Waals surface area contributed by atoms with Gasteiger partial charge in [0, 0.05) is 13.0 Å². The van der Waals surface area contributed by atoms with Crippen LogP contribution in [0.3, 0.4) is 0 Å². The molecular formula is C17H18N4O2S2. The number of nitrogens with zero attached hydrogens (tertiary/aromatic N) is 3. The van der Waals surface area contributed by atoms with Gasteiger partial charge in [0.15, 0.2) is 0 Å². The van der Waals surface area contributed by atoms with E-state index in [0.29, 0.717) is 11.6 Å². The monoisotopic (exact) mass is 374 g/mol. The van der Waals surface area contributed by atoms with Crippen LogP contribution in [0, 0.1) is 0 Å². The number of benzene rings is 1. The Kier molecular flexibility index (Phi) is 5.00. The highest BCUT2D eigenvalue weighted by Gasteiger charge is 2.22. The minimum atomic E-state index is -0.0313. The second-order valence-electron chi connectivity index (χ2n) is 5.92. The number of ether oxygens (including phenoxy) is 1. The Morgan fingerprint density at radius 1 is 1.28 bits per heavy atom. The van der Waals surface area contributed by atoms with Gasteiger partial charge >= 0.3 is 0 Å². The van der Waals surface area contributed by atoms with Crippen LogP contribution in [0.15, 0.2) is 24.3 Å². The van der Waals surface area contributed by atoms with Gasteiger partial charge in [0.2, 0.25) is 11.0 Å². The average molecular weight is 374 g/mol. The number of rotatable bonds is 6. The number of carbonyl (C=O) groups is 1. The van der Waals surface area contributed by atoms with Crippen LogP contribution >= 0.6 is 22.7 Å². The van der Waals surface area contributed by atoms with Crippen molar-refractivity contribution in [3.63, 3.8) is 0 Å². The number of aromatic nitrogens is 3. The Morgan fingerprint density at radius 3 is 3.04 bits per heavy atom. The summed E-state index contributed by atoms with van der Waals surface area (Å²) >= 11 is 3.10. The molecule has 25 heavy (non-hydrogen) atoms. The third-order valence-electron chi connectivity index (χ3n) is 4.02. The van der Waals surface area contributed by atoms with Gasteiger partial charge in [-0.1, -0.05) is 23.5 Å². The van der Waals surface area contributed by atoms with Gasteiger partial charge in [-0.2, -0.15) is 0 Å². The summed E-state index contributed by atoms with van der Waals surface area (Å²) in [5, 5.41) is 13.5. The number of anilines is 1. The molecule has 0 unspecified atom stereocenters. The maximum atomic E-state index is 12.1. The van der Waals surface area contributed by atoms with Gasteiger partial charge in [0.1, 0.15) is 11.1 Å². The Bertz CT molecular complexity index is 837. The Labute approximate surface area is 153 Å². The molecule has 130 valence electrons. The minimum absolute atomic E-state index is 0.0313. The van der Waals surface area contributed by atoms with E-state index < -0.39 is 0 Å². The molecule has 1 fully saturated rings. The minimum Gasteiger partial charge on any atom is -0.371 e. The molecule has 0 spiro atoms. The van der Waals surface area contributed by atoms with Crippen LogP contribution < -0.4 is 5.32 Å². The van der Waals surface area contributed by atoms with E-state index in [4.69, 9.17) is 4.74 Å². The van der Waals surface area contributed by atoms with E-state index in [1.165, 1.54) is 16.0 Å². The van der Waals surface area contributed by atoms with Gasteiger partial charge in [0.05, 0.1) is 15.2 Å². The highest BCUT2D eigenvalue weighted by Crippen LogP contribution is 2.32. The van der Waals surface area contributed by atoms with Crippen LogP contribution in [0.4, 0.5) is 5.13 Å². The van der Waals surface area contributed by atoms with Crippen molar-refractivity contribution in [2.24, 2.45) is 0 Å². The third kappa shape index (κ3) is 4.02. The van der Waals surface area contributed by atoms with Crippen molar-refractivity contribution < 1.29 is 9.53 Å². The van der Waals surface area contributed by atoms with Crippen LogP contribution in [-0.2, 0) is 16.0 Å². The van der Waals surface area contributed by atoms with Crippen molar-refractivity contribution in [1.82, 2.24) is 15.2 Å². The summed E-state index contributed by atoms with van der Waals surface area (Å²) in [5.41, 5.74) is 1.03. The lowest BCUT2D eigenvalue weighted by Gasteiger charge is -2.02. The van der Waals surface area contributed by atoms with Crippen molar-refractivity contribution in [3.8, 4) is 0 Å². The van der Waals surface area contributed by atoms with Gasteiger partial charge in [-0.15, -0.1) is 21.5 Å². The Hall–Kier alpha value is -1.90. The molecule has 1 atom stereocenters. The van der Waals surface area contributed by atoms with Crippen molar-refractivity contribution in [2.75, 3.05) is 11.9 Å². The molecule has 1 aliphatic rings. The van der Waals surface area contributed by atoms with E-state index in [9.17, 15) is 4.79 Å². The Morgan fingerprint density at radius 2 is 2.20 bits per heavy atom. The molecule has 0 aliphatic carbocycles. The normalized spacial score (nSPS) is 17.2. The quantitative estimate of drug-likeness (QED) is 0.707. The molecule has 0 radical (unpaired) electrons. The SMILES string of the molecule is O=C(CCCc1nc2ccccc2s1)Nc1nnc([C@@H]2CCCO2)s1. The summed E-state index contributed by atoms with van der Waals surface area (Å²) < 4.78 is 6.78. The molecule has 0 bridgehead atoms. The van der Waals surface area contributed by atoms with Crippen LogP contribution in [-0.4, -0.2) is 27.7 Å². The molecule has 0 saturated carbocycles. The summed E-state index contributed by atoms with van der Waals surface area (Å²) in [6, 6.07) is 8.10. The molecule has 1 amide bonds. The zero-order chi connectivity index (χ0) is 17.1. The van der Waals surface area contributed by atoms with Crippen LogP contribution in [0.25, 0.3) is 10.2 Å². The predicted molar refractivity (Wildman–Crippen MR) is 99.0 cm³/mol. The summed E-state index contributed by atoms with van der Waals surface area (Å²) in [7, 11) is 0. The number of hydrogen-bond acceptors (Lipinski definition) is 7. The van der Waals surface area contributed by atoms with Crippen molar-refractivity contribution in [3.05, 3.63) is 34.3 Å². The lowest BCUT2D eigenvalue weighted by molar-refractivity contribution is -0.116. The number of fused-ring (bicyclic) bond motifs is 1. The molecule has 1 aromatic carbocycles. The third-order valence-corrected chi connectivity index (χ3v) is 6.05. The van der Waals surface area contributed by atoms with Gasteiger partial charge < -0.3 is 10.1 Å². The van der Waals surface area contributed by atoms with E-state index in [0.717, 1.165) is 47.8 Å². The van der Waals surface area contributed by atoms with Crippen molar-refractivity contribution >= 4 is 43.9 Å². The summed E-state index contributed by atoms with van der Waals surface area (Å²) in [6.07, 6.45) is 4.10. The molecule has 8 heteroatoms. The second-order valence-corrected chi connectivity index (χ2v) is 8.05. The molecule has 1 aliphatic heterocycles. The fourth-order valence-corrected chi connectivity index (χ4v) is 4.65. The van der Waals surface area contributed by atoms with Crippen molar-refractivity contribution in [2.45, 2.75) is 38.2 Å². The number of aryl methyl sites for hydroxylation is 1. The second kappa shape index (κ2) is 7.55. The largest absolute Gasteiger partial charge is 0.371 e. The van der Waals surface area contributed by atoms with Crippen LogP contribution in [0.1, 0.15) is 41.8 Å². The van der Waals surface area contributed by atoms with Crippen molar-refractivity contribution in [1.29, 1.82) is 0 Å². The highest BCUT2D eigenvalue weighted by atomic mass is 32.1. The number of hydrogen-bond donors (Lipinski definition) is 1. The smallest absolute Gasteiger partial charge is 0.226 e. The van der Waals surface area contributed by atoms with Crippen LogP contribution in [0.5, 0.6) is 0 Å².